The number of hydrogen-bond donors (Lipinski definition) is 1. The highest BCUT2D eigenvalue weighted by molar-refractivity contribution is 6.02. The predicted molar refractivity (Wildman–Crippen MR) is 97.1 cm³/mol. The van der Waals surface area contributed by atoms with Crippen molar-refractivity contribution in [2.75, 3.05) is 5.32 Å². The van der Waals surface area contributed by atoms with Gasteiger partial charge in [0, 0.05) is 11.6 Å². The van der Waals surface area contributed by atoms with Crippen molar-refractivity contribution >= 4 is 17.7 Å². The summed E-state index contributed by atoms with van der Waals surface area (Å²) in [5.74, 6) is -1.94. The number of nitrogens with zero attached hydrogens (tertiary/aromatic N) is 2. The topological polar surface area (TPSA) is 46.9 Å². The quantitative estimate of drug-likeness (QED) is 0.706. The fourth-order valence-corrected chi connectivity index (χ4v) is 2.64. The van der Waals surface area contributed by atoms with Gasteiger partial charge in [-0.1, -0.05) is 24.3 Å². The minimum Gasteiger partial charge on any atom is -0.319 e. The summed E-state index contributed by atoms with van der Waals surface area (Å²) in [6.45, 7) is 3.62. The normalized spacial score (nSPS) is 11.1. The lowest BCUT2D eigenvalue weighted by Crippen LogP contribution is -2.09. The van der Waals surface area contributed by atoms with E-state index in [2.05, 4.69) is 10.4 Å². The molecule has 0 bridgehead atoms. The van der Waals surface area contributed by atoms with Crippen LogP contribution in [0.25, 0.3) is 11.8 Å². The van der Waals surface area contributed by atoms with E-state index in [9.17, 15) is 13.6 Å². The lowest BCUT2D eigenvalue weighted by Gasteiger charge is -2.05. The Morgan fingerprint density at radius 1 is 1.04 bits per heavy atom. The molecule has 0 saturated heterocycles. The number of rotatable bonds is 4. The van der Waals surface area contributed by atoms with Crippen molar-refractivity contribution in [2.24, 2.45) is 0 Å². The Bertz CT molecular complexity index is 958. The highest BCUT2D eigenvalue weighted by atomic mass is 19.1. The van der Waals surface area contributed by atoms with E-state index >= 15 is 0 Å². The van der Waals surface area contributed by atoms with Gasteiger partial charge in [-0.15, -0.1) is 0 Å². The number of nitrogens with one attached hydrogen (secondary N) is 1. The molecule has 0 saturated carbocycles. The first-order valence-corrected chi connectivity index (χ1v) is 8.02. The molecule has 26 heavy (non-hydrogen) atoms. The Morgan fingerprint density at radius 3 is 2.35 bits per heavy atom. The molecule has 0 aliphatic carbocycles. The third-order valence-corrected chi connectivity index (χ3v) is 3.94. The maximum atomic E-state index is 13.6. The smallest absolute Gasteiger partial charge is 0.248 e. The average Bonchev–Trinajstić information content (AvgIpc) is 2.90. The number of carbonyl (C=O) groups is 1. The second-order valence-corrected chi connectivity index (χ2v) is 5.75. The van der Waals surface area contributed by atoms with Crippen LogP contribution in [-0.4, -0.2) is 15.7 Å². The molecule has 0 aliphatic heterocycles. The van der Waals surface area contributed by atoms with E-state index < -0.39 is 17.5 Å². The van der Waals surface area contributed by atoms with Gasteiger partial charge in [-0.25, -0.2) is 13.5 Å². The lowest BCUT2D eigenvalue weighted by atomic mass is 10.2. The molecule has 0 unspecified atom stereocenters. The highest BCUT2D eigenvalue weighted by Gasteiger charge is 2.14. The van der Waals surface area contributed by atoms with Crippen LogP contribution >= 0.6 is 0 Å². The van der Waals surface area contributed by atoms with Gasteiger partial charge in [0.1, 0.15) is 11.6 Å². The Labute approximate surface area is 149 Å². The molecule has 3 rings (SSSR count). The number of aromatic nitrogens is 2. The first-order chi connectivity index (χ1) is 12.5. The van der Waals surface area contributed by atoms with Crippen molar-refractivity contribution in [3.8, 4) is 5.69 Å². The number of amides is 1. The van der Waals surface area contributed by atoms with Gasteiger partial charge >= 0.3 is 0 Å². The monoisotopic (exact) mass is 353 g/mol. The number of aryl methyl sites for hydroxylation is 1. The van der Waals surface area contributed by atoms with E-state index in [0.717, 1.165) is 35.7 Å². The van der Waals surface area contributed by atoms with E-state index in [0.29, 0.717) is 11.4 Å². The second kappa shape index (κ2) is 7.31. The van der Waals surface area contributed by atoms with Crippen molar-refractivity contribution in [3.63, 3.8) is 0 Å². The maximum absolute atomic E-state index is 13.6. The van der Waals surface area contributed by atoms with Gasteiger partial charge in [0.2, 0.25) is 5.91 Å². The van der Waals surface area contributed by atoms with Gasteiger partial charge in [-0.2, -0.15) is 5.10 Å². The van der Waals surface area contributed by atoms with Gasteiger partial charge in [0.25, 0.3) is 0 Å². The van der Waals surface area contributed by atoms with E-state index in [-0.39, 0.29) is 5.56 Å². The van der Waals surface area contributed by atoms with E-state index in [1.165, 1.54) is 6.07 Å². The van der Waals surface area contributed by atoms with Crippen LogP contribution < -0.4 is 5.32 Å². The summed E-state index contributed by atoms with van der Waals surface area (Å²) in [4.78, 5) is 12.2. The lowest BCUT2D eigenvalue weighted by molar-refractivity contribution is -0.111. The molecule has 0 radical (unpaired) electrons. The van der Waals surface area contributed by atoms with Gasteiger partial charge in [0.05, 0.1) is 22.8 Å². The fraction of sp³-hybridized carbons (Fsp3) is 0.100. The summed E-state index contributed by atoms with van der Waals surface area (Å²) < 4.78 is 28.9. The van der Waals surface area contributed by atoms with Crippen LogP contribution in [0.1, 0.15) is 17.0 Å². The Hall–Kier alpha value is -3.28. The number of anilines is 1. The Morgan fingerprint density at radius 2 is 1.69 bits per heavy atom. The number of para-hydroxylation sites is 1. The molecule has 1 N–H and O–H groups in total. The average molecular weight is 353 g/mol. The number of benzene rings is 2. The molecular weight excluding hydrogens is 336 g/mol. The van der Waals surface area contributed by atoms with Crippen molar-refractivity contribution < 1.29 is 13.6 Å². The third kappa shape index (κ3) is 3.54. The largest absolute Gasteiger partial charge is 0.319 e. The zero-order valence-corrected chi connectivity index (χ0v) is 14.3. The first-order valence-electron chi connectivity index (χ1n) is 8.02. The van der Waals surface area contributed by atoms with E-state index in [1.54, 1.807) is 11.6 Å². The fourth-order valence-electron chi connectivity index (χ4n) is 2.64. The summed E-state index contributed by atoms with van der Waals surface area (Å²) in [6.07, 6.45) is 2.21. The summed E-state index contributed by atoms with van der Waals surface area (Å²) in [5, 5.41) is 7.16. The summed E-state index contributed by atoms with van der Waals surface area (Å²) in [5.41, 5.74) is 2.59. The van der Waals surface area contributed by atoms with Gasteiger partial charge < -0.3 is 5.32 Å². The molecule has 0 atom stereocenters. The molecule has 1 aromatic heterocycles. The molecule has 4 nitrogen and oxygen atoms in total. The van der Waals surface area contributed by atoms with E-state index in [4.69, 9.17) is 0 Å². The number of hydrogen-bond acceptors (Lipinski definition) is 2. The Kier molecular flexibility index (Phi) is 4.93. The molecule has 132 valence electrons. The third-order valence-electron chi connectivity index (χ3n) is 3.94. The van der Waals surface area contributed by atoms with Crippen LogP contribution in [0.15, 0.2) is 54.6 Å². The van der Waals surface area contributed by atoms with Crippen molar-refractivity contribution in [3.05, 3.63) is 83.2 Å². The van der Waals surface area contributed by atoms with Crippen LogP contribution in [0.4, 0.5) is 14.5 Å². The molecule has 2 aromatic carbocycles. The molecule has 0 spiro atoms. The highest BCUT2D eigenvalue weighted by Crippen LogP contribution is 2.23. The molecule has 1 heterocycles. The van der Waals surface area contributed by atoms with Crippen LogP contribution in [0.5, 0.6) is 0 Å². The standard InChI is InChI=1S/C20H17F2N3O/c1-13-20(14(2)25(24-13)15-7-4-3-5-8-15)23-19(26)12-11-16-17(21)9-6-10-18(16)22/h3-12H,1-2H3,(H,23,26)/b12-11+. The SMILES string of the molecule is Cc1nn(-c2ccccc2)c(C)c1NC(=O)/C=C/c1c(F)cccc1F. The molecular formula is C20H17F2N3O. The second-order valence-electron chi connectivity index (χ2n) is 5.75. The molecule has 1 amide bonds. The predicted octanol–water partition coefficient (Wildman–Crippen LogP) is 4.42. The van der Waals surface area contributed by atoms with Gasteiger partial charge in [0.15, 0.2) is 0 Å². The summed E-state index contributed by atoms with van der Waals surface area (Å²) in [6, 6.07) is 13.1. The minimum absolute atomic E-state index is 0.254. The van der Waals surface area contributed by atoms with Crippen molar-refractivity contribution in [1.82, 2.24) is 9.78 Å². The zero-order valence-electron chi connectivity index (χ0n) is 14.3. The first kappa shape index (κ1) is 17.5. The molecule has 0 fully saturated rings. The van der Waals surface area contributed by atoms with Crippen LogP contribution in [0, 0.1) is 25.5 Å². The molecule has 6 heteroatoms. The maximum Gasteiger partial charge on any atom is 0.248 e. The van der Waals surface area contributed by atoms with Crippen LogP contribution in [-0.2, 0) is 4.79 Å². The summed E-state index contributed by atoms with van der Waals surface area (Å²) in [7, 11) is 0. The van der Waals surface area contributed by atoms with Crippen LogP contribution in [0.2, 0.25) is 0 Å². The van der Waals surface area contributed by atoms with Gasteiger partial charge in [-0.3, -0.25) is 4.79 Å². The van der Waals surface area contributed by atoms with E-state index in [1.807, 2.05) is 37.3 Å². The number of halogens is 2. The molecule has 0 aliphatic rings. The van der Waals surface area contributed by atoms with Crippen LogP contribution in [0.3, 0.4) is 0 Å². The Balaban J connectivity index is 1.82. The summed E-state index contributed by atoms with van der Waals surface area (Å²) >= 11 is 0. The van der Waals surface area contributed by atoms with Crippen molar-refractivity contribution in [1.29, 1.82) is 0 Å². The minimum atomic E-state index is -0.724. The molecule has 3 aromatic rings. The number of carbonyl (C=O) groups excluding carboxylic acids is 1. The van der Waals surface area contributed by atoms with Crippen molar-refractivity contribution in [2.45, 2.75) is 13.8 Å². The zero-order chi connectivity index (χ0) is 18.7. The van der Waals surface area contributed by atoms with Gasteiger partial charge in [-0.05, 0) is 44.2 Å².